The van der Waals surface area contributed by atoms with Gasteiger partial charge >= 0.3 is 0 Å². The normalized spacial score (nSPS) is 11.2. The van der Waals surface area contributed by atoms with Gasteiger partial charge in [-0.3, -0.25) is 13.9 Å². The molecule has 0 fully saturated rings. The Balaban J connectivity index is 2.13. The average molecular weight is 418 g/mol. The second kappa shape index (κ2) is 10.1. The van der Waals surface area contributed by atoms with E-state index in [4.69, 9.17) is 0 Å². The van der Waals surface area contributed by atoms with E-state index in [2.05, 4.69) is 10.6 Å². The molecular weight excluding hydrogens is 390 g/mol. The summed E-state index contributed by atoms with van der Waals surface area (Å²) in [6.07, 6.45) is -0.0745. The third-order valence-electron chi connectivity index (χ3n) is 4.09. The van der Waals surface area contributed by atoms with Gasteiger partial charge in [0.15, 0.2) is 0 Å². The van der Waals surface area contributed by atoms with Crippen LogP contribution in [0.15, 0.2) is 59.5 Å². The van der Waals surface area contributed by atoms with Gasteiger partial charge in [-0.15, -0.1) is 0 Å². The molecule has 7 nitrogen and oxygen atoms in total. The Morgan fingerprint density at radius 1 is 0.966 bits per heavy atom. The van der Waals surface area contributed by atoms with Crippen LogP contribution in [-0.2, 0) is 19.6 Å². The highest BCUT2D eigenvalue weighted by Gasteiger charge is 2.25. The summed E-state index contributed by atoms with van der Waals surface area (Å²) in [5.41, 5.74) is 1.42. The first-order valence-corrected chi connectivity index (χ1v) is 10.8. The molecule has 2 aromatic carbocycles. The molecule has 0 aromatic heterocycles. The minimum absolute atomic E-state index is 0.0207. The number of carbonyl (C=O) groups is 2. The summed E-state index contributed by atoms with van der Waals surface area (Å²) in [5, 5.41) is 5.20. The zero-order valence-electron chi connectivity index (χ0n) is 16.9. The van der Waals surface area contributed by atoms with E-state index >= 15 is 0 Å². The van der Waals surface area contributed by atoms with Gasteiger partial charge < -0.3 is 10.6 Å². The first-order chi connectivity index (χ1) is 13.7. The third-order valence-corrected chi connectivity index (χ3v) is 5.93. The van der Waals surface area contributed by atoms with Gasteiger partial charge in [-0.05, 0) is 45.0 Å². The summed E-state index contributed by atoms with van der Waals surface area (Å²) in [6.45, 7) is 5.34. The standard InChI is InChI=1S/C21H27N3O4S/c1-16(2)23-21(26)15-22-20(25)13-14-24(18-7-5-4-6-8-18)29(27,28)19-11-9-17(3)10-12-19/h4-12,16H,13-15H2,1-3H3,(H,22,25)(H,23,26). The molecule has 0 aliphatic rings. The molecule has 156 valence electrons. The van der Waals surface area contributed by atoms with Crippen LogP contribution in [0.5, 0.6) is 0 Å². The molecule has 2 aromatic rings. The number of aryl methyl sites for hydroxylation is 1. The number of rotatable bonds is 9. The SMILES string of the molecule is Cc1ccc(S(=O)(=O)N(CCC(=O)NCC(=O)NC(C)C)c2ccccc2)cc1. The van der Waals surface area contributed by atoms with Crippen LogP contribution in [0, 0.1) is 6.92 Å². The fourth-order valence-electron chi connectivity index (χ4n) is 2.66. The zero-order valence-corrected chi connectivity index (χ0v) is 17.7. The van der Waals surface area contributed by atoms with Crippen molar-refractivity contribution >= 4 is 27.5 Å². The molecule has 0 atom stereocenters. The Morgan fingerprint density at radius 3 is 2.17 bits per heavy atom. The molecule has 0 radical (unpaired) electrons. The molecule has 2 amide bonds. The summed E-state index contributed by atoms with van der Waals surface area (Å²) in [4.78, 5) is 24.0. The van der Waals surface area contributed by atoms with E-state index in [1.54, 1.807) is 54.6 Å². The topological polar surface area (TPSA) is 95.6 Å². The number of carbonyl (C=O) groups excluding carboxylic acids is 2. The van der Waals surface area contributed by atoms with Crippen LogP contribution in [0.2, 0.25) is 0 Å². The number of hydrogen-bond donors (Lipinski definition) is 2. The maximum Gasteiger partial charge on any atom is 0.264 e. The van der Waals surface area contributed by atoms with Gasteiger partial charge in [-0.2, -0.15) is 0 Å². The Bertz CT molecular complexity index is 926. The van der Waals surface area contributed by atoms with Gasteiger partial charge in [0.1, 0.15) is 0 Å². The number of nitrogens with zero attached hydrogens (tertiary/aromatic N) is 1. The molecule has 0 aliphatic carbocycles. The van der Waals surface area contributed by atoms with Gasteiger partial charge in [-0.1, -0.05) is 35.9 Å². The van der Waals surface area contributed by atoms with Crippen LogP contribution < -0.4 is 14.9 Å². The Morgan fingerprint density at radius 2 is 1.59 bits per heavy atom. The summed E-state index contributed by atoms with van der Waals surface area (Å²) < 4.78 is 27.6. The quantitative estimate of drug-likeness (QED) is 0.654. The predicted octanol–water partition coefficient (Wildman–Crippen LogP) is 2.22. The Labute approximate surface area is 172 Å². The zero-order chi connectivity index (χ0) is 21.4. The molecular formula is C21H27N3O4S. The van der Waals surface area contributed by atoms with Crippen LogP contribution in [0.4, 0.5) is 5.69 Å². The first-order valence-electron chi connectivity index (χ1n) is 9.40. The summed E-state index contributed by atoms with van der Waals surface area (Å²) >= 11 is 0. The van der Waals surface area contributed by atoms with Gasteiger partial charge in [0.05, 0.1) is 17.1 Å². The van der Waals surface area contributed by atoms with E-state index in [-0.39, 0.29) is 36.4 Å². The van der Waals surface area contributed by atoms with Crippen molar-refractivity contribution in [3.05, 3.63) is 60.2 Å². The van der Waals surface area contributed by atoms with Crippen molar-refractivity contribution in [1.29, 1.82) is 0 Å². The molecule has 8 heteroatoms. The Kier molecular flexibility index (Phi) is 7.78. The van der Waals surface area contributed by atoms with Gasteiger partial charge in [-0.25, -0.2) is 8.42 Å². The summed E-state index contributed by atoms with van der Waals surface area (Å²) in [7, 11) is -3.84. The molecule has 0 spiro atoms. The van der Waals surface area contributed by atoms with Crippen molar-refractivity contribution in [2.45, 2.75) is 38.1 Å². The molecule has 0 heterocycles. The highest BCUT2D eigenvalue weighted by molar-refractivity contribution is 7.92. The van der Waals surface area contributed by atoms with Crippen LogP contribution in [0.3, 0.4) is 0 Å². The molecule has 2 rings (SSSR count). The molecule has 0 aliphatic heterocycles. The molecule has 2 N–H and O–H groups in total. The van der Waals surface area contributed by atoms with Crippen molar-refractivity contribution in [3.63, 3.8) is 0 Å². The lowest BCUT2D eigenvalue weighted by atomic mass is 10.2. The number of anilines is 1. The van der Waals surface area contributed by atoms with Gasteiger partial charge in [0, 0.05) is 19.0 Å². The average Bonchev–Trinajstić information content (AvgIpc) is 2.67. The monoisotopic (exact) mass is 417 g/mol. The minimum atomic E-state index is -3.84. The van der Waals surface area contributed by atoms with E-state index in [1.165, 1.54) is 4.31 Å². The lowest BCUT2D eigenvalue weighted by molar-refractivity contribution is -0.126. The summed E-state index contributed by atoms with van der Waals surface area (Å²) in [6, 6.07) is 15.2. The molecule has 0 saturated carbocycles. The van der Waals surface area contributed by atoms with Crippen LogP contribution in [0.1, 0.15) is 25.8 Å². The number of benzene rings is 2. The molecule has 0 saturated heterocycles. The number of para-hydroxylation sites is 1. The minimum Gasteiger partial charge on any atom is -0.352 e. The van der Waals surface area contributed by atoms with Gasteiger partial charge in [0.25, 0.3) is 10.0 Å². The van der Waals surface area contributed by atoms with Crippen molar-refractivity contribution in [2.24, 2.45) is 0 Å². The number of sulfonamides is 1. The van der Waals surface area contributed by atoms with Crippen LogP contribution in [-0.4, -0.2) is 39.4 Å². The van der Waals surface area contributed by atoms with E-state index in [9.17, 15) is 18.0 Å². The third kappa shape index (κ3) is 6.60. The molecule has 29 heavy (non-hydrogen) atoms. The summed E-state index contributed by atoms with van der Waals surface area (Å²) in [5.74, 6) is -0.690. The fourth-order valence-corrected chi connectivity index (χ4v) is 4.13. The van der Waals surface area contributed by atoms with Crippen LogP contribution in [0.25, 0.3) is 0 Å². The van der Waals surface area contributed by atoms with Crippen LogP contribution >= 0.6 is 0 Å². The molecule has 0 unspecified atom stereocenters. The maximum absolute atomic E-state index is 13.2. The Hall–Kier alpha value is -2.87. The molecule has 0 bridgehead atoms. The smallest absolute Gasteiger partial charge is 0.264 e. The maximum atomic E-state index is 13.2. The van der Waals surface area contributed by atoms with Crippen molar-refractivity contribution in [2.75, 3.05) is 17.4 Å². The number of hydrogen-bond acceptors (Lipinski definition) is 4. The van der Waals surface area contributed by atoms with Gasteiger partial charge in [0.2, 0.25) is 11.8 Å². The highest BCUT2D eigenvalue weighted by atomic mass is 32.2. The van der Waals surface area contributed by atoms with E-state index in [1.807, 2.05) is 20.8 Å². The predicted molar refractivity (Wildman–Crippen MR) is 113 cm³/mol. The van der Waals surface area contributed by atoms with E-state index in [0.29, 0.717) is 5.69 Å². The highest BCUT2D eigenvalue weighted by Crippen LogP contribution is 2.24. The van der Waals surface area contributed by atoms with Crippen molar-refractivity contribution in [3.8, 4) is 0 Å². The van der Waals surface area contributed by atoms with Crippen molar-refractivity contribution in [1.82, 2.24) is 10.6 Å². The second-order valence-corrected chi connectivity index (χ2v) is 8.84. The largest absolute Gasteiger partial charge is 0.352 e. The second-order valence-electron chi connectivity index (χ2n) is 6.97. The van der Waals surface area contributed by atoms with E-state index in [0.717, 1.165) is 5.56 Å². The van der Waals surface area contributed by atoms with E-state index < -0.39 is 15.9 Å². The van der Waals surface area contributed by atoms with Crippen molar-refractivity contribution < 1.29 is 18.0 Å². The first kappa shape index (κ1) is 22.4. The fraction of sp³-hybridized carbons (Fsp3) is 0.333. The number of nitrogens with one attached hydrogen (secondary N) is 2. The lowest BCUT2D eigenvalue weighted by Gasteiger charge is -2.24. The lowest BCUT2D eigenvalue weighted by Crippen LogP contribution is -2.41. The number of amides is 2.